The van der Waals surface area contributed by atoms with E-state index in [0.29, 0.717) is 11.4 Å². The first-order valence-corrected chi connectivity index (χ1v) is 18.4. The molecule has 258 valence electrons. The van der Waals surface area contributed by atoms with Crippen LogP contribution in [0, 0.1) is 13.1 Å². The number of rotatable bonds is 2. The van der Waals surface area contributed by atoms with Crippen LogP contribution >= 0.6 is 0 Å². The fraction of sp³-hybridized carbons (Fsp3) is 0.0204. The van der Waals surface area contributed by atoms with E-state index in [2.05, 4.69) is 116 Å². The standard InChI is InChI=1S/C49H26N6O/c1-50-29-15-19-43-35(25-29)36-26-30(51-2)16-20-44(36)55(43)32-18-22-46-40(28-32)49(37-11-7-23-52-47(37)48-38(49)12-8-24-53-48)39-27-31(17-21-45(39)56-46)54-41-13-5-3-9-33(41)34-10-4-6-14-42(34)54/h3-28H. The second kappa shape index (κ2) is 11.0. The Morgan fingerprint density at radius 1 is 0.446 bits per heavy atom. The molecule has 0 atom stereocenters. The molecule has 0 fully saturated rings. The lowest BCUT2D eigenvalue weighted by Gasteiger charge is -2.39. The van der Waals surface area contributed by atoms with Crippen molar-refractivity contribution in [3.63, 3.8) is 0 Å². The van der Waals surface area contributed by atoms with Gasteiger partial charge in [-0.1, -0.05) is 60.7 Å². The van der Waals surface area contributed by atoms with Gasteiger partial charge in [-0.25, -0.2) is 9.69 Å². The van der Waals surface area contributed by atoms with Crippen LogP contribution in [0.2, 0.25) is 0 Å². The largest absolute Gasteiger partial charge is 0.457 e. The predicted octanol–water partition coefficient (Wildman–Crippen LogP) is 12.2. The number of ether oxygens (including phenoxy) is 1. The lowest BCUT2D eigenvalue weighted by molar-refractivity contribution is 0.436. The maximum Gasteiger partial charge on any atom is 0.188 e. The highest BCUT2D eigenvalue weighted by atomic mass is 16.5. The van der Waals surface area contributed by atoms with Crippen molar-refractivity contribution in [3.8, 4) is 34.3 Å². The van der Waals surface area contributed by atoms with Crippen molar-refractivity contribution in [2.24, 2.45) is 0 Å². The second-order valence-electron chi connectivity index (χ2n) is 14.3. The summed E-state index contributed by atoms with van der Waals surface area (Å²) in [6, 6.07) is 50.1. The van der Waals surface area contributed by atoms with Crippen LogP contribution in [-0.4, -0.2) is 19.1 Å². The van der Waals surface area contributed by atoms with Gasteiger partial charge in [-0.2, -0.15) is 0 Å². The molecule has 0 N–H and O–H groups in total. The van der Waals surface area contributed by atoms with E-state index in [1.807, 2.05) is 60.9 Å². The predicted molar refractivity (Wildman–Crippen MR) is 221 cm³/mol. The summed E-state index contributed by atoms with van der Waals surface area (Å²) in [4.78, 5) is 17.4. The molecule has 0 saturated carbocycles. The summed E-state index contributed by atoms with van der Waals surface area (Å²) in [6.45, 7) is 15.5. The fourth-order valence-electron chi connectivity index (χ4n) is 9.48. The minimum Gasteiger partial charge on any atom is -0.457 e. The lowest BCUT2D eigenvalue weighted by atomic mass is 9.66. The third-order valence-corrected chi connectivity index (χ3v) is 11.7. The Balaban J connectivity index is 1.18. The molecular formula is C49H26N6O. The molecule has 7 nitrogen and oxygen atoms in total. The molecule has 56 heavy (non-hydrogen) atoms. The summed E-state index contributed by atoms with van der Waals surface area (Å²) >= 11 is 0. The van der Waals surface area contributed by atoms with Crippen molar-refractivity contribution in [3.05, 3.63) is 203 Å². The highest BCUT2D eigenvalue weighted by Gasteiger charge is 2.52. The Bertz CT molecular complexity index is 3280. The van der Waals surface area contributed by atoms with Crippen molar-refractivity contribution >= 4 is 55.0 Å². The van der Waals surface area contributed by atoms with Crippen molar-refractivity contribution in [1.29, 1.82) is 0 Å². The van der Waals surface area contributed by atoms with Crippen LogP contribution in [-0.2, 0) is 5.41 Å². The SMILES string of the molecule is [C-]#[N+]c1ccc2c(c1)c1cc([N+]#[C-])ccc1n2-c1ccc2c(c1)C1(c3cc(-n4c5ccccc5c5ccccc54)ccc3O2)c2cccnc2-c2ncccc21. The Labute approximate surface area is 320 Å². The van der Waals surface area contributed by atoms with Gasteiger partial charge in [-0.3, -0.25) is 9.97 Å². The highest BCUT2D eigenvalue weighted by molar-refractivity contribution is 6.12. The van der Waals surface area contributed by atoms with Crippen LogP contribution in [0.1, 0.15) is 22.3 Å². The number of fused-ring (bicyclic) bond motifs is 15. The minimum absolute atomic E-state index is 0.553. The quantitative estimate of drug-likeness (QED) is 0.168. The van der Waals surface area contributed by atoms with Gasteiger partial charge in [0.25, 0.3) is 0 Å². The molecule has 0 saturated heterocycles. The van der Waals surface area contributed by atoms with E-state index in [4.69, 9.17) is 27.8 Å². The summed E-state index contributed by atoms with van der Waals surface area (Å²) in [5.41, 5.74) is 12.2. The number of hydrogen-bond acceptors (Lipinski definition) is 3. The summed E-state index contributed by atoms with van der Waals surface area (Å²) in [5.74, 6) is 1.53. The molecule has 6 aromatic carbocycles. The lowest BCUT2D eigenvalue weighted by Crippen LogP contribution is -2.32. The summed E-state index contributed by atoms with van der Waals surface area (Å²) in [5, 5.41) is 4.25. The maximum absolute atomic E-state index is 7.74. The molecule has 10 aromatic rings. The van der Waals surface area contributed by atoms with E-state index in [1.165, 1.54) is 10.8 Å². The monoisotopic (exact) mass is 714 g/mol. The molecule has 1 aliphatic carbocycles. The van der Waals surface area contributed by atoms with Crippen molar-refractivity contribution in [2.75, 3.05) is 0 Å². The van der Waals surface area contributed by atoms with Gasteiger partial charge in [0.05, 0.1) is 52.0 Å². The second-order valence-corrected chi connectivity index (χ2v) is 14.3. The average molecular weight is 715 g/mol. The Hall–Kier alpha value is -8.00. The number of hydrogen-bond donors (Lipinski definition) is 0. The number of nitrogens with zero attached hydrogens (tertiary/aromatic N) is 6. The van der Waals surface area contributed by atoms with Gasteiger partial charge in [0.15, 0.2) is 11.4 Å². The van der Waals surface area contributed by atoms with E-state index >= 15 is 0 Å². The third-order valence-electron chi connectivity index (χ3n) is 11.7. The van der Waals surface area contributed by atoms with Gasteiger partial charge >= 0.3 is 0 Å². The number of pyridine rings is 2. The van der Waals surface area contributed by atoms with Gasteiger partial charge in [0.2, 0.25) is 0 Å². The van der Waals surface area contributed by atoms with Crippen molar-refractivity contribution in [2.45, 2.75) is 5.41 Å². The zero-order chi connectivity index (χ0) is 37.1. The molecule has 4 aromatic heterocycles. The molecule has 12 rings (SSSR count). The highest BCUT2D eigenvalue weighted by Crippen LogP contribution is 2.62. The van der Waals surface area contributed by atoms with Crippen LogP contribution in [0.25, 0.3) is 76.1 Å². The molecule has 0 radical (unpaired) electrons. The first-order chi connectivity index (χ1) is 27.7. The Morgan fingerprint density at radius 3 is 1.39 bits per heavy atom. The third kappa shape index (κ3) is 3.83. The number of aromatic nitrogens is 4. The molecule has 1 aliphatic heterocycles. The van der Waals surface area contributed by atoms with E-state index in [1.54, 1.807) is 0 Å². The van der Waals surface area contributed by atoms with E-state index in [-0.39, 0.29) is 0 Å². The zero-order valence-electron chi connectivity index (χ0n) is 29.6. The molecule has 0 amide bonds. The van der Waals surface area contributed by atoms with Gasteiger partial charge in [-0.15, -0.1) is 0 Å². The Morgan fingerprint density at radius 2 is 0.911 bits per heavy atom. The Kier molecular flexibility index (Phi) is 5.99. The van der Waals surface area contributed by atoms with E-state index in [9.17, 15) is 0 Å². The molecule has 1 spiro atoms. The molecule has 0 bridgehead atoms. The smallest absolute Gasteiger partial charge is 0.188 e. The number of para-hydroxylation sites is 2. The molecule has 7 heteroatoms. The summed E-state index contributed by atoms with van der Waals surface area (Å²) in [6.07, 6.45) is 3.69. The number of benzene rings is 6. The maximum atomic E-state index is 7.74. The van der Waals surface area contributed by atoms with Crippen molar-refractivity contribution in [1.82, 2.24) is 19.1 Å². The molecule has 0 unspecified atom stereocenters. The van der Waals surface area contributed by atoms with Gasteiger partial charge in [0, 0.05) is 45.7 Å². The van der Waals surface area contributed by atoms with Crippen LogP contribution in [0.15, 0.2) is 158 Å². The van der Waals surface area contributed by atoms with Crippen LogP contribution in [0.4, 0.5) is 11.4 Å². The molecular weight excluding hydrogens is 689 g/mol. The van der Waals surface area contributed by atoms with E-state index < -0.39 is 5.41 Å². The van der Waals surface area contributed by atoms with Crippen LogP contribution < -0.4 is 4.74 Å². The zero-order valence-corrected chi connectivity index (χ0v) is 29.6. The van der Waals surface area contributed by atoms with E-state index in [0.717, 1.165) is 89.4 Å². The fourth-order valence-corrected chi connectivity index (χ4v) is 9.48. The van der Waals surface area contributed by atoms with Crippen LogP contribution in [0.5, 0.6) is 11.5 Å². The average Bonchev–Trinajstić information content (AvgIpc) is 3.88. The molecule has 2 aliphatic rings. The van der Waals surface area contributed by atoms with Gasteiger partial charge in [0.1, 0.15) is 11.5 Å². The van der Waals surface area contributed by atoms with Crippen LogP contribution in [0.3, 0.4) is 0 Å². The minimum atomic E-state index is -0.825. The topological polar surface area (TPSA) is 53.6 Å². The first-order valence-electron chi connectivity index (χ1n) is 18.4. The molecule has 5 heterocycles. The van der Waals surface area contributed by atoms with Crippen molar-refractivity contribution < 1.29 is 4.74 Å². The van der Waals surface area contributed by atoms with Gasteiger partial charge < -0.3 is 13.9 Å². The summed E-state index contributed by atoms with van der Waals surface area (Å²) in [7, 11) is 0. The summed E-state index contributed by atoms with van der Waals surface area (Å²) < 4.78 is 11.5. The first kappa shape index (κ1) is 30.5. The van der Waals surface area contributed by atoms with Gasteiger partial charge in [-0.05, 0) is 107 Å². The normalized spacial score (nSPS) is 13.2.